The number of rotatable bonds is 1. The van der Waals surface area contributed by atoms with Crippen molar-refractivity contribution in [1.82, 2.24) is 0 Å². The number of nitriles is 1. The van der Waals surface area contributed by atoms with Gasteiger partial charge in [0.05, 0.1) is 21.5 Å². The van der Waals surface area contributed by atoms with Crippen molar-refractivity contribution in [3.63, 3.8) is 0 Å². The van der Waals surface area contributed by atoms with Crippen LogP contribution in [0.25, 0.3) is 10.1 Å². The lowest BCUT2D eigenvalue weighted by Gasteiger charge is -2.27. The van der Waals surface area contributed by atoms with Crippen molar-refractivity contribution < 1.29 is 4.74 Å². The number of nitrogens with two attached hydrogens (primary N) is 1. The van der Waals surface area contributed by atoms with Crippen LogP contribution in [0, 0.1) is 11.3 Å². The van der Waals surface area contributed by atoms with Crippen molar-refractivity contribution in [2.45, 2.75) is 5.92 Å². The molecule has 4 nitrogen and oxygen atoms in total. The average molecular weight is 401 g/mol. The molecule has 1 aliphatic heterocycles. The highest BCUT2D eigenvalue weighted by molar-refractivity contribution is 7.16. The number of halogens is 2. The van der Waals surface area contributed by atoms with Gasteiger partial charge in [-0.05, 0) is 23.8 Å². The van der Waals surface area contributed by atoms with Crippen LogP contribution in [0.5, 0.6) is 5.75 Å². The third-order valence-corrected chi connectivity index (χ3v) is 6.08. The molecule has 2 N–H and O–H groups in total. The van der Waals surface area contributed by atoms with Crippen LogP contribution in [-0.2, 0) is 0 Å². The number of nitrogens with zero attached hydrogens (tertiary/aromatic N) is 1. The molecule has 0 saturated heterocycles. The van der Waals surface area contributed by atoms with E-state index in [1.807, 2.05) is 24.3 Å². The fourth-order valence-electron chi connectivity index (χ4n) is 3.12. The van der Waals surface area contributed by atoms with Crippen molar-refractivity contribution in [2.75, 3.05) is 0 Å². The maximum atomic E-state index is 12.9. The third kappa shape index (κ3) is 2.46. The first kappa shape index (κ1) is 16.9. The fraction of sp³-hybridized carbons (Fsp3) is 0.0526. The maximum absolute atomic E-state index is 12.9. The van der Waals surface area contributed by atoms with Gasteiger partial charge in [-0.15, -0.1) is 0 Å². The molecule has 7 heteroatoms. The van der Waals surface area contributed by atoms with Crippen molar-refractivity contribution >= 4 is 44.6 Å². The van der Waals surface area contributed by atoms with Crippen LogP contribution in [0.1, 0.15) is 17.0 Å². The van der Waals surface area contributed by atoms with Gasteiger partial charge in [-0.3, -0.25) is 4.79 Å². The fourth-order valence-corrected chi connectivity index (χ4v) is 4.47. The van der Waals surface area contributed by atoms with Gasteiger partial charge in [0.2, 0.25) is 10.6 Å². The topological polar surface area (TPSA) is 76.1 Å². The van der Waals surface area contributed by atoms with E-state index in [9.17, 15) is 10.1 Å². The Bertz CT molecular complexity index is 1190. The van der Waals surface area contributed by atoms with Gasteiger partial charge in [-0.1, -0.05) is 58.8 Å². The highest BCUT2D eigenvalue weighted by Gasteiger charge is 2.35. The van der Waals surface area contributed by atoms with E-state index in [4.69, 9.17) is 33.7 Å². The number of ether oxygens (including phenoxy) is 1. The van der Waals surface area contributed by atoms with E-state index >= 15 is 0 Å². The van der Waals surface area contributed by atoms with Gasteiger partial charge in [0.1, 0.15) is 17.4 Å². The zero-order chi connectivity index (χ0) is 18.4. The number of hydrogen-bond donors (Lipinski definition) is 1. The second kappa shape index (κ2) is 6.33. The molecule has 26 heavy (non-hydrogen) atoms. The Morgan fingerprint density at radius 3 is 2.69 bits per heavy atom. The Hall–Kier alpha value is -2.52. The normalized spacial score (nSPS) is 16.1. The highest BCUT2D eigenvalue weighted by Crippen LogP contribution is 2.46. The van der Waals surface area contributed by atoms with Crippen molar-refractivity contribution in [3.05, 3.63) is 84.6 Å². The molecule has 0 bridgehead atoms. The van der Waals surface area contributed by atoms with E-state index in [1.54, 1.807) is 18.2 Å². The molecule has 0 aliphatic carbocycles. The Balaban J connectivity index is 2.13. The van der Waals surface area contributed by atoms with Gasteiger partial charge in [0.15, 0.2) is 0 Å². The summed E-state index contributed by atoms with van der Waals surface area (Å²) in [7, 11) is 0. The van der Waals surface area contributed by atoms with Crippen molar-refractivity contribution in [3.8, 4) is 11.8 Å². The SMILES string of the molecule is N#CC1=C(N)Oc2c(c(=O)sc3ccccc23)[C@@H]1c1cccc(Cl)c1Cl. The lowest BCUT2D eigenvalue weighted by Crippen LogP contribution is -2.25. The minimum atomic E-state index is -0.733. The van der Waals surface area contributed by atoms with Gasteiger partial charge < -0.3 is 10.5 Å². The molecule has 0 amide bonds. The number of allylic oxidation sites excluding steroid dienone is 1. The van der Waals surface area contributed by atoms with E-state index in [1.165, 1.54) is 0 Å². The molecule has 128 valence electrons. The zero-order valence-electron chi connectivity index (χ0n) is 13.1. The lowest BCUT2D eigenvalue weighted by molar-refractivity contribution is 0.398. The van der Waals surface area contributed by atoms with E-state index < -0.39 is 5.92 Å². The highest BCUT2D eigenvalue weighted by atomic mass is 35.5. The first-order chi connectivity index (χ1) is 12.5. The van der Waals surface area contributed by atoms with E-state index in [0.717, 1.165) is 21.4 Å². The first-order valence-corrected chi connectivity index (χ1v) is 9.17. The number of fused-ring (bicyclic) bond motifs is 3. The monoisotopic (exact) mass is 400 g/mol. The predicted molar refractivity (Wildman–Crippen MR) is 104 cm³/mol. The Morgan fingerprint density at radius 1 is 1.15 bits per heavy atom. The molecule has 4 rings (SSSR count). The van der Waals surface area contributed by atoms with Crippen LogP contribution in [0.4, 0.5) is 0 Å². The predicted octanol–water partition coefficient (Wildman–Crippen LogP) is 4.79. The molecular weight excluding hydrogens is 391 g/mol. The van der Waals surface area contributed by atoms with Crippen LogP contribution in [0.3, 0.4) is 0 Å². The van der Waals surface area contributed by atoms with Gasteiger partial charge in [0.25, 0.3) is 0 Å². The smallest absolute Gasteiger partial charge is 0.240 e. The standard InChI is InChI=1S/C19H10Cl2N2O2S/c20-12-6-3-5-10(16(12)21)14-11(8-22)18(23)25-17-9-4-1-2-7-13(9)26-19(24)15(14)17/h1-7,14H,23H2/t14-/m1/s1. The molecule has 0 spiro atoms. The van der Waals surface area contributed by atoms with Crippen LogP contribution in [0.2, 0.25) is 10.0 Å². The summed E-state index contributed by atoms with van der Waals surface area (Å²) in [5, 5.41) is 11.0. The zero-order valence-corrected chi connectivity index (χ0v) is 15.5. The Labute approximate surface area is 162 Å². The molecule has 0 radical (unpaired) electrons. The van der Waals surface area contributed by atoms with Crippen LogP contribution < -0.4 is 15.2 Å². The molecule has 0 saturated carbocycles. The molecule has 2 aromatic carbocycles. The number of benzene rings is 2. The Kier molecular flexibility index (Phi) is 4.12. The van der Waals surface area contributed by atoms with E-state index in [2.05, 4.69) is 6.07 Å². The summed E-state index contributed by atoms with van der Waals surface area (Å²) in [4.78, 5) is 12.9. The summed E-state index contributed by atoms with van der Waals surface area (Å²) in [6.45, 7) is 0. The maximum Gasteiger partial charge on any atom is 0.240 e. The van der Waals surface area contributed by atoms with Crippen LogP contribution in [-0.4, -0.2) is 0 Å². The average Bonchev–Trinajstić information content (AvgIpc) is 2.63. The summed E-state index contributed by atoms with van der Waals surface area (Å²) in [6, 6.07) is 14.5. The van der Waals surface area contributed by atoms with Crippen LogP contribution in [0.15, 0.2) is 58.7 Å². The second-order valence-electron chi connectivity index (χ2n) is 5.70. The molecule has 3 aromatic rings. The van der Waals surface area contributed by atoms with Gasteiger partial charge in [0, 0.05) is 10.1 Å². The first-order valence-electron chi connectivity index (χ1n) is 7.60. The Morgan fingerprint density at radius 2 is 1.92 bits per heavy atom. The van der Waals surface area contributed by atoms with Gasteiger partial charge in [-0.2, -0.15) is 5.26 Å². The summed E-state index contributed by atoms with van der Waals surface area (Å²) >= 11 is 13.6. The van der Waals surface area contributed by atoms with Crippen molar-refractivity contribution in [1.29, 1.82) is 5.26 Å². The van der Waals surface area contributed by atoms with Gasteiger partial charge in [-0.25, -0.2) is 0 Å². The molecular formula is C19H10Cl2N2O2S. The lowest BCUT2D eigenvalue weighted by atomic mass is 9.84. The largest absolute Gasteiger partial charge is 0.439 e. The van der Waals surface area contributed by atoms with E-state index in [0.29, 0.717) is 21.9 Å². The van der Waals surface area contributed by atoms with E-state index in [-0.39, 0.29) is 21.2 Å². The minimum Gasteiger partial charge on any atom is -0.439 e. The molecule has 1 aromatic heterocycles. The van der Waals surface area contributed by atoms with Crippen LogP contribution >= 0.6 is 34.5 Å². The van der Waals surface area contributed by atoms with Crippen molar-refractivity contribution in [2.24, 2.45) is 5.73 Å². The summed E-state index contributed by atoms with van der Waals surface area (Å²) in [6.07, 6.45) is 0. The molecule has 1 aliphatic rings. The molecule has 0 fully saturated rings. The summed E-state index contributed by atoms with van der Waals surface area (Å²) < 4.78 is 6.29. The molecule has 1 atom stereocenters. The quantitative estimate of drug-likeness (QED) is 0.636. The molecule has 0 unspecified atom stereocenters. The second-order valence-corrected chi connectivity index (χ2v) is 7.50. The molecule has 2 heterocycles. The minimum absolute atomic E-state index is 0.0400. The third-order valence-electron chi connectivity index (χ3n) is 4.27. The van der Waals surface area contributed by atoms with Gasteiger partial charge >= 0.3 is 0 Å². The summed E-state index contributed by atoms with van der Waals surface area (Å²) in [5.74, 6) is -0.410. The number of hydrogen-bond acceptors (Lipinski definition) is 5. The summed E-state index contributed by atoms with van der Waals surface area (Å²) in [5.41, 5.74) is 7.06.